The van der Waals surface area contributed by atoms with Gasteiger partial charge in [0.15, 0.2) is 0 Å². The van der Waals surface area contributed by atoms with Crippen molar-refractivity contribution in [3.8, 4) is 0 Å². The van der Waals surface area contributed by atoms with Crippen LogP contribution in [-0.4, -0.2) is 35.7 Å². The largest absolute Gasteiger partial charge is 0.390 e. The minimum atomic E-state index is -0.222. The monoisotopic (exact) mass is 169 g/mol. The van der Waals surface area contributed by atoms with Crippen LogP contribution in [0.1, 0.15) is 32.1 Å². The zero-order valence-corrected chi connectivity index (χ0v) is 7.92. The lowest BCUT2D eigenvalue weighted by molar-refractivity contribution is 0.0955. The van der Waals surface area contributed by atoms with Crippen LogP contribution in [0.3, 0.4) is 0 Å². The number of piperidine rings is 1. The Balaban J connectivity index is 1.75. The highest BCUT2D eigenvalue weighted by molar-refractivity contribution is 4.95. The maximum absolute atomic E-state index is 9.73. The number of nitrogens with zero attached hydrogens (tertiary/aromatic N) is 1. The second-order valence-electron chi connectivity index (χ2n) is 4.68. The minimum Gasteiger partial charge on any atom is -0.390 e. The van der Waals surface area contributed by atoms with Crippen molar-refractivity contribution in [2.75, 3.05) is 20.1 Å². The third-order valence-electron chi connectivity index (χ3n) is 3.33. The van der Waals surface area contributed by atoms with E-state index in [2.05, 4.69) is 11.9 Å². The smallest absolute Gasteiger partial charge is 0.0652 e. The van der Waals surface area contributed by atoms with E-state index in [0.29, 0.717) is 0 Å². The maximum Gasteiger partial charge on any atom is 0.0652 e. The van der Waals surface area contributed by atoms with Crippen LogP contribution < -0.4 is 0 Å². The summed E-state index contributed by atoms with van der Waals surface area (Å²) in [5, 5.41) is 9.73. The third kappa shape index (κ3) is 1.99. The van der Waals surface area contributed by atoms with E-state index in [1.54, 1.807) is 0 Å². The van der Waals surface area contributed by atoms with Gasteiger partial charge >= 0.3 is 0 Å². The Morgan fingerprint density at radius 2 is 1.92 bits per heavy atom. The van der Waals surface area contributed by atoms with Crippen LogP contribution in [0.15, 0.2) is 0 Å². The standard InChI is InChI=1S/C10H19NO/c1-11-6-2-9(3-7-11)8-10(12)4-5-10/h9,12H,2-8H2,1H3. The van der Waals surface area contributed by atoms with E-state index in [-0.39, 0.29) is 5.60 Å². The molecule has 0 aromatic carbocycles. The van der Waals surface area contributed by atoms with E-state index < -0.39 is 0 Å². The predicted octanol–water partition coefficient (Wildman–Crippen LogP) is 1.24. The molecule has 2 aliphatic rings. The summed E-state index contributed by atoms with van der Waals surface area (Å²) in [5.74, 6) is 0.800. The molecular weight excluding hydrogens is 150 g/mol. The quantitative estimate of drug-likeness (QED) is 0.672. The molecule has 0 aromatic rings. The van der Waals surface area contributed by atoms with Crippen molar-refractivity contribution in [3.63, 3.8) is 0 Å². The van der Waals surface area contributed by atoms with Crippen molar-refractivity contribution in [1.29, 1.82) is 0 Å². The molecule has 1 N–H and O–H groups in total. The number of rotatable bonds is 2. The van der Waals surface area contributed by atoms with Gasteiger partial charge in [0.25, 0.3) is 0 Å². The zero-order chi connectivity index (χ0) is 8.60. The zero-order valence-electron chi connectivity index (χ0n) is 7.92. The van der Waals surface area contributed by atoms with Gasteiger partial charge in [-0.15, -0.1) is 0 Å². The van der Waals surface area contributed by atoms with Crippen molar-refractivity contribution >= 4 is 0 Å². The predicted molar refractivity (Wildman–Crippen MR) is 49.0 cm³/mol. The topological polar surface area (TPSA) is 23.5 Å². The van der Waals surface area contributed by atoms with Gasteiger partial charge in [0, 0.05) is 0 Å². The summed E-state index contributed by atoms with van der Waals surface area (Å²) in [7, 11) is 2.18. The van der Waals surface area contributed by atoms with Gasteiger partial charge in [0.2, 0.25) is 0 Å². The average molecular weight is 169 g/mol. The highest BCUT2D eigenvalue weighted by Gasteiger charge is 2.42. The molecule has 0 radical (unpaired) electrons. The van der Waals surface area contributed by atoms with E-state index in [1.807, 2.05) is 0 Å². The molecule has 12 heavy (non-hydrogen) atoms. The van der Waals surface area contributed by atoms with Crippen molar-refractivity contribution in [1.82, 2.24) is 4.90 Å². The Morgan fingerprint density at radius 1 is 1.33 bits per heavy atom. The number of aliphatic hydroxyl groups is 1. The highest BCUT2D eigenvalue weighted by atomic mass is 16.3. The first-order valence-corrected chi connectivity index (χ1v) is 5.09. The molecule has 2 heteroatoms. The minimum absolute atomic E-state index is 0.222. The van der Waals surface area contributed by atoms with E-state index in [9.17, 15) is 5.11 Å². The summed E-state index contributed by atoms with van der Waals surface area (Å²) in [6, 6.07) is 0. The average Bonchev–Trinajstić information content (AvgIpc) is 2.74. The molecule has 0 atom stereocenters. The van der Waals surface area contributed by atoms with Crippen molar-refractivity contribution in [2.45, 2.75) is 37.7 Å². The van der Waals surface area contributed by atoms with E-state index in [1.165, 1.54) is 25.9 Å². The molecule has 1 saturated heterocycles. The molecule has 0 bridgehead atoms. The Labute approximate surface area is 74.6 Å². The Morgan fingerprint density at radius 3 is 2.42 bits per heavy atom. The Kier molecular flexibility index (Phi) is 2.13. The summed E-state index contributed by atoms with van der Waals surface area (Å²) >= 11 is 0. The Hall–Kier alpha value is -0.0800. The summed E-state index contributed by atoms with van der Waals surface area (Å²) in [4.78, 5) is 2.38. The van der Waals surface area contributed by atoms with E-state index >= 15 is 0 Å². The van der Waals surface area contributed by atoms with Gasteiger partial charge in [0.1, 0.15) is 0 Å². The van der Waals surface area contributed by atoms with Gasteiger partial charge in [-0.25, -0.2) is 0 Å². The van der Waals surface area contributed by atoms with Gasteiger partial charge in [-0.2, -0.15) is 0 Å². The number of hydrogen-bond donors (Lipinski definition) is 1. The van der Waals surface area contributed by atoms with E-state index in [4.69, 9.17) is 0 Å². The lowest BCUT2D eigenvalue weighted by Crippen LogP contribution is -2.32. The fourth-order valence-corrected chi connectivity index (χ4v) is 2.15. The summed E-state index contributed by atoms with van der Waals surface area (Å²) in [6.45, 7) is 2.45. The molecule has 1 heterocycles. The van der Waals surface area contributed by atoms with Gasteiger partial charge < -0.3 is 10.0 Å². The van der Waals surface area contributed by atoms with Crippen LogP contribution >= 0.6 is 0 Å². The SMILES string of the molecule is CN1CCC(CC2(O)CC2)CC1. The van der Waals surface area contributed by atoms with Crippen LogP contribution in [0, 0.1) is 5.92 Å². The van der Waals surface area contributed by atoms with Crippen LogP contribution in [0.5, 0.6) is 0 Å². The molecule has 0 spiro atoms. The van der Waals surface area contributed by atoms with Gasteiger partial charge in [-0.1, -0.05) is 0 Å². The molecule has 1 aliphatic heterocycles. The number of likely N-dealkylation sites (tertiary alicyclic amines) is 1. The first kappa shape index (κ1) is 8.52. The molecule has 2 rings (SSSR count). The van der Waals surface area contributed by atoms with Gasteiger partial charge in [0.05, 0.1) is 5.60 Å². The molecule has 1 saturated carbocycles. The van der Waals surface area contributed by atoms with Crippen molar-refractivity contribution in [3.05, 3.63) is 0 Å². The molecule has 0 amide bonds. The van der Waals surface area contributed by atoms with Crippen molar-refractivity contribution in [2.24, 2.45) is 5.92 Å². The fourth-order valence-electron chi connectivity index (χ4n) is 2.15. The molecule has 70 valence electrons. The van der Waals surface area contributed by atoms with E-state index in [0.717, 1.165) is 25.2 Å². The fraction of sp³-hybridized carbons (Fsp3) is 1.00. The molecule has 2 nitrogen and oxygen atoms in total. The molecular formula is C10H19NO. The second kappa shape index (κ2) is 3.00. The molecule has 2 fully saturated rings. The van der Waals surface area contributed by atoms with Crippen LogP contribution in [0.4, 0.5) is 0 Å². The summed E-state index contributed by atoms with van der Waals surface area (Å²) < 4.78 is 0. The van der Waals surface area contributed by atoms with Gasteiger partial charge in [-0.3, -0.25) is 0 Å². The first-order chi connectivity index (χ1) is 5.68. The summed E-state index contributed by atoms with van der Waals surface area (Å²) in [5.41, 5.74) is -0.222. The summed E-state index contributed by atoms with van der Waals surface area (Å²) in [6.07, 6.45) is 5.76. The molecule has 0 aromatic heterocycles. The maximum atomic E-state index is 9.73. The lowest BCUT2D eigenvalue weighted by Gasteiger charge is -2.30. The lowest BCUT2D eigenvalue weighted by atomic mass is 9.90. The number of hydrogen-bond acceptors (Lipinski definition) is 2. The Bertz CT molecular complexity index is 157. The highest BCUT2D eigenvalue weighted by Crippen LogP contribution is 2.42. The van der Waals surface area contributed by atoms with Crippen LogP contribution in [0.2, 0.25) is 0 Å². The molecule has 0 unspecified atom stereocenters. The normalized spacial score (nSPS) is 30.5. The second-order valence-corrected chi connectivity index (χ2v) is 4.68. The third-order valence-corrected chi connectivity index (χ3v) is 3.33. The van der Waals surface area contributed by atoms with Gasteiger partial charge in [-0.05, 0) is 58.2 Å². The molecule has 1 aliphatic carbocycles. The first-order valence-electron chi connectivity index (χ1n) is 5.09. The van der Waals surface area contributed by atoms with Crippen molar-refractivity contribution < 1.29 is 5.11 Å². The van der Waals surface area contributed by atoms with Crippen LogP contribution in [-0.2, 0) is 0 Å². The van der Waals surface area contributed by atoms with Crippen LogP contribution in [0.25, 0.3) is 0 Å².